The molecule has 98 valence electrons. The first-order chi connectivity index (χ1) is 8.70. The van der Waals surface area contributed by atoms with Crippen LogP contribution < -0.4 is 5.43 Å². The van der Waals surface area contributed by atoms with Gasteiger partial charge in [0.05, 0.1) is 6.04 Å². The molecule has 2 atom stereocenters. The first-order valence-corrected chi connectivity index (χ1v) is 6.46. The lowest BCUT2D eigenvalue weighted by Gasteiger charge is -2.25. The summed E-state index contributed by atoms with van der Waals surface area (Å²) in [7, 11) is 0. The van der Waals surface area contributed by atoms with Crippen LogP contribution in [0.15, 0.2) is 30.3 Å². The van der Waals surface area contributed by atoms with Crippen LogP contribution in [0.1, 0.15) is 25.8 Å². The van der Waals surface area contributed by atoms with E-state index in [-0.39, 0.29) is 18.2 Å². The van der Waals surface area contributed by atoms with Crippen LogP contribution in [-0.4, -0.2) is 29.8 Å². The van der Waals surface area contributed by atoms with Crippen molar-refractivity contribution in [3.8, 4) is 0 Å². The summed E-state index contributed by atoms with van der Waals surface area (Å²) in [6.07, 6.45) is 1.52. The molecule has 0 radical (unpaired) electrons. The number of benzene rings is 1. The van der Waals surface area contributed by atoms with Gasteiger partial charge in [-0.15, -0.1) is 0 Å². The molecule has 1 amide bonds. The summed E-state index contributed by atoms with van der Waals surface area (Å²) in [4.78, 5) is 11.7. The summed E-state index contributed by atoms with van der Waals surface area (Å²) in [6, 6.07) is 10.5. The average Bonchev–Trinajstić information content (AvgIpc) is 2.72. The Balaban J connectivity index is 2.00. The number of carbonyl (C=O) groups excluding carboxylic acids is 1. The number of ether oxygens (including phenoxy) is 1. The zero-order chi connectivity index (χ0) is 13.0. The molecule has 1 aliphatic rings. The molecule has 0 bridgehead atoms. The van der Waals surface area contributed by atoms with Crippen molar-refractivity contribution in [2.24, 2.45) is 0 Å². The Labute approximate surface area is 108 Å². The maximum atomic E-state index is 11.7. The molecule has 0 unspecified atom stereocenters. The SMILES string of the molecule is CC[C@@H](C)NN1C(=O)OC[C@@H]1Cc1ccccc1. The van der Waals surface area contributed by atoms with Gasteiger partial charge >= 0.3 is 6.09 Å². The van der Waals surface area contributed by atoms with Gasteiger partial charge in [-0.05, 0) is 25.3 Å². The number of hydrazine groups is 1. The van der Waals surface area contributed by atoms with Crippen molar-refractivity contribution >= 4 is 6.09 Å². The largest absolute Gasteiger partial charge is 0.446 e. The Hall–Kier alpha value is -1.55. The van der Waals surface area contributed by atoms with Gasteiger partial charge in [0.25, 0.3) is 0 Å². The number of carbonyl (C=O) groups is 1. The molecule has 0 saturated carbocycles. The predicted molar refractivity (Wildman–Crippen MR) is 70.0 cm³/mol. The molecule has 4 nitrogen and oxygen atoms in total. The zero-order valence-electron chi connectivity index (χ0n) is 10.9. The molecule has 0 aliphatic carbocycles. The fourth-order valence-corrected chi connectivity index (χ4v) is 1.98. The second-order valence-corrected chi connectivity index (χ2v) is 4.73. The van der Waals surface area contributed by atoms with Crippen LogP contribution >= 0.6 is 0 Å². The van der Waals surface area contributed by atoms with Gasteiger partial charge in [0.1, 0.15) is 6.61 Å². The molecule has 18 heavy (non-hydrogen) atoms. The third-order valence-electron chi connectivity index (χ3n) is 3.25. The lowest BCUT2D eigenvalue weighted by Crippen LogP contribution is -2.49. The van der Waals surface area contributed by atoms with Crippen LogP contribution in [0.5, 0.6) is 0 Å². The number of amides is 1. The quantitative estimate of drug-likeness (QED) is 0.869. The number of nitrogens with one attached hydrogen (secondary N) is 1. The highest BCUT2D eigenvalue weighted by Gasteiger charge is 2.33. The maximum Gasteiger partial charge on any atom is 0.424 e. The summed E-state index contributed by atoms with van der Waals surface area (Å²) < 4.78 is 5.12. The van der Waals surface area contributed by atoms with Crippen molar-refractivity contribution in [1.82, 2.24) is 10.4 Å². The van der Waals surface area contributed by atoms with E-state index in [1.165, 1.54) is 5.56 Å². The fraction of sp³-hybridized carbons (Fsp3) is 0.500. The molecular weight excluding hydrogens is 228 g/mol. The lowest BCUT2D eigenvalue weighted by molar-refractivity contribution is 0.132. The van der Waals surface area contributed by atoms with Crippen molar-refractivity contribution in [1.29, 1.82) is 0 Å². The van der Waals surface area contributed by atoms with Gasteiger partial charge in [0.2, 0.25) is 0 Å². The van der Waals surface area contributed by atoms with Gasteiger partial charge in [-0.3, -0.25) is 0 Å². The average molecular weight is 248 g/mol. The topological polar surface area (TPSA) is 41.6 Å². The first kappa shape index (κ1) is 12.9. The van der Waals surface area contributed by atoms with Crippen molar-refractivity contribution < 1.29 is 9.53 Å². The molecule has 1 saturated heterocycles. The molecule has 0 spiro atoms. The van der Waals surface area contributed by atoms with Crippen LogP contribution in [0.2, 0.25) is 0 Å². The van der Waals surface area contributed by atoms with Gasteiger partial charge < -0.3 is 4.74 Å². The van der Waals surface area contributed by atoms with E-state index >= 15 is 0 Å². The third-order valence-corrected chi connectivity index (χ3v) is 3.25. The highest BCUT2D eigenvalue weighted by atomic mass is 16.6. The standard InChI is InChI=1S/C14H20N2O2/c1-3-11(2)15-16-13(10-18-14(16)17)9-12-7-5-4-6-8-12/h4-8,11,13,15H,3,9-10H2,1-2H3/t11-,13+/m1/s1. The number of hydrogen-bond donors (Lipinski definition) is 1. The highest BCUT2D eigenvalue weighted by Crippen LogP contribution is 2.15. The Kier molecular flexibility index (Phi) is 4.20. The molecule has 1 aliphatic heterocycles. The van der Waals surface area contributed by atoms with Crippen LogP contribution in [-0.2, 0) is 11.2 Å². The summed E-state index contributed by atoms with van der Waals surface area (Å²) in [5.41, 5.74) is 4.43. The summed E-state index contributed by atoms with van der Waals surface area (Å²) >= 11 is 0. The van der Waals surface area contributed by atoms with E-state index in [2.05, 4.69) is 31.4 Å². The normalized spacial score (nSPS) is 20.9. The van der Waals surface area contributed by atoms with Gasteiger partial charge in [-0.25, -0.2) is 15.2 Å². The van der Waals surface area contributed by atoms with E-state index in [1.54, 1.807) is 5.01 Å². The van der Waals surface area contributed by atoms with Gasteiger partial charge in [0.15, 0.2) is 0 Å². The van der Waals surface area contributed by atoms with Crippen LogP contribution in [0, 0.1) is 0 Å². The van der Waals surface area contributed by atoms with E-state index in [0.717, 1.165) is 12.8 Å². The number of nitrogens with zero attached hydrogens (tertiary/aromatic N) is 1. The summed E-state index contributed by atoms with van der Waals surface area (Å²) in [6.45, 7) is 4.60. The Morgan fingerprint density at radius 3 is 2.83 bits per heavy atom. The molecule has 0 aromatic heterocycles. The van der Waals surface area contributed by atoms with Gasteiger partial charge in [-0.2, -0.15) is 0 Å². The second kappa shape index (κ2) is 5.87. The molecule has 1 N–H and O–H groups in total. The fourth-order valence-electron chi connectivity index (χ4n) is 1.98. The Morgan fingerprint density at radius 2 is 2.17 bits per heavy atom. The van der Waals surface area contributed by atoms with Crippen molar-refractivity contribution in [3.05, 3.63) is 35.9 Å². The van der Waals surface area contributed by atoms with E-state index in [9.17, 15) is 4.79 Å². The van der Waals surface area contributed by atoms with Crippen LogP contribution in [0.25, 0.3) is 0 Å². The lowest BCUT2D eigenvalue weighted by atomic mass is 10.1. The Bertz CT molecular complexity index is 394. The number of rotatable bonds is 5. The summed E-state index contributed by atoms with van der Waals surface area (Å²) in [5.74, 6) is 0. The minimum absolute atomic E-state index is 0.0777. The highest BCUT2D eigenvalue weighted by molar-refractivity contribution is 5.69. The molecule has 1 aromatic carbocycles. The number of hydrogen-bond acceptors (Lipinski definition) is 3. The van der Waals surface area contributed by atoms with Gasteiger partial charge in [0, 0.05) is 6.04 Å². The smallest absolute Gasteiger partial charge is 0.424 e. The molecule has 2 rings (SSSR count). The van der Waals surface area contributed by atoms with E-state index in [4.69, 9.17) is 4.74 Å². The minimum Gasteiger partial charge on any atom is -0.446 e. The molecule has 1 heterocycles. The van der Waals surface area contributed by atoms with Gasteiger partial charge in [-0.1, -0.05) is 37.3 Å². The molecule has 4 heteroatoms. The second-order valence-electron chi connectivity index (χ2n) is 4.73. The number of cyclic esters (lactones) is 1. The third kappa shape index (κ3) is 3.01. The predicted octanol–water partition coefficient (Wildman–Crippen LogP) is 2.35. The molecule has 1 fully saturated rings. The van der Waals surface area contributed by atoms with E-state index in [0.29, 0.717) is 6.61 Å². The molecule has 1 aromatic rings. The molecular formula is C14H20N2O2. The van der Waals surface area contributed by atoms with E-state index < -0.39 is 0 Å². The van der Waals surface area contributed by atoms with Crippen molar-refractivity contribution in [3.63, 3.8) is 0 Å². The van der Waals surface area contributed by atoms with Crippen molar-refractivity contribution in [2.75, 3.05) is 6.61 Å². The van der Waals surface area contributed by atoms with Crippen LogP contribution in [0.3, 0.4) is 0 Å². The monoisotopic (exact) mass is 248 g/mol. The summed E-state index contributed by atoms with van der Waals surface area (Å²) in [5, 5.41) is 1.64. The minimum atomic E-state index is -0.267. The van der Waals surface area contributed by atoms with E-state index in [1.807, 2.05) is 18.2 Å². The van der Waals surface area contributed by atoms with Crippen molar-refractivity contribution in [2.45, 2.75) is 38.8 Å². The zero-order valence-corrected chi connectivity index (χ0v) is 10.9. The first-order valence-electron chi connectivity index (χ1n) is 6.46. The Morgan fingerprint density at radius 1 is 1.44 bits per heavy atom. The van der Waals surface area contributed by atoms with Crippen LogP contribution in [0.4, 0.5) is 4.79 Å². The maximum absolute atomic E-state index is 11.7.